The smallest absolute Gasteiger partial charge is 0.231 e. The van der Waals surface area contributed by atoms with Gasteiger partial charge in [0.05, 0.1) is 11.6 Å². The van der Waals surface area contributed by atoms with E-state index in [1.165, 1.54) is 11.1 Å². The number of nitrogens with zero attached hydrogens (tertiary/aromatic N) is 2. The normalized spacial score (nSPS) is 25.1. The summed E-state index contributed by atoms with van der Waals surface area (Å²) in [6, 6.07) is 28.5. The highest BCUT2D eigenvalue weighted by molar-refractivity contribution is 5.46. The van der Waals surface area contributed by atoms with Crippen molar-refractivity contribution in [3.8, 4) is 11.5 Å². The van der Waals surface area contributed by atoms with Gasteiger partial charge in [0.25, 0.3) is 0 Å². The van der Waals surface area contributed by atoms with E-state index in [0.717, 1.165) is 68.9 Å². The molecule has 3 aromatic rings. The maximum atomic E-state index is 11.4. The third kappa shape index (κ3) is 4.56. The topological polar surface area (TPSA) is 45.2 Å². The molecule has 1 aliphatic carbocycles. The van der Waals surface area contributed by atoms with Crippen molar-refractivity contribution in [2.75, 3.05) is 33.0 Å². The Morgan fingerprint density at radius 3 is 1.97 bits per heavy atom. The molecule has 182 valence electrons. The Hall–Kier alpha value is -2.86. The third-order valence-electron chi connectivity index (χ3n) is 8.15. The lowest BCUT2D eigenvalue weighted by atomic mass is 9.77. The molecule has 0 amide bonds. The number of benzene rings is 3. The van der Waals surface area contributed by atoms with E-state index in [0.29, 0.717) is 12.1 Å². The summed E-state index contributed by atoms with van der Waals surface area (Å²) in [5, 5.41) is 11.4. The van der Waals surface area contributed by atoms with E-state index in [1.807, 2.05) is 18.2 Å². The number of aliphatic hydroxyl groups is 1. The fraction of sp³-hybridized carbons (Fsp3) is 0.400. The van der Waals surface area contributed by atoms with Gasteiger partial charge in [-0.05, 0) is 54.5 Å². The molecule has 0 spiro atoms. The molecular weight excluding hydrogens is 436 g/mol. The molecule has 2 aliphatic heterocycles. The highest BCUT2D eigenvalue weighted by Gasteiger charge is 2.38. The van der Waals surface area contributed by atoms with Gasteiger partial charge in [0.1, 0.15) is 0 Å². The highest BCUT2D eigenvalue weighted by Crippen LogP contribution is 2.43. The van der Waals surface area contributed by atoms with Crippen LogP contribution in [0.1, 0.15) is 48.4 Å². The molecule has 1 saturated carbocycles. The third-order valence-corrected chi connectivity index (χ3v) is 8.15. The van der Waals surface area contributed by atoms with E-state index in [2.05, 4.69) is 70.5 Å². The summed E-state index contributed by atoms with van der Waals surface area (Å²) < 4.78 is 11.0. The van der Waals surface area contributed by atoms with Crippen molar-refractivity contribution in [1.29, 1.82) is 0 Å². The first-order valence-electron chi connectivity index (χ1n) is 12.9. The number of piperazine rings is 1. The van der Waals surface area contributed by atoms with Gasteiger partial charge in [0.2, 0.25) is 6.79 Å². The Morgan fingerprint density at radius 2 is 1.34 bits per heavy atom. The average molecular weight is 471 g/mol. The molecule has 35 heavy (non-hydrogen) atoms. The predicted octanol–water partition coefficient (Wildman–Crippen LogP) is 4.95. The number of hydrogen-bond acceptors (Lipinski definition) is 5. The van der Waals surface area contributed by atoms with Crippen molar-refractivity contribution in [2.45, 2.75) is 43.4 Å². The van der Waals surface area contributed by atoms with Crippen LogP contribution in [0.3, 0.4) is 0 Å². The number of fused-ring (bicyclic) bond motifs is 1. The fourth-order valence-electron chi connectivity index (χ4n) is 6.17. The van der Waals surface area contributed by atoms with Crippen molar-refractivity contribution in [1.82, 2.24) is 9.80 Å². The van der Waals surface area contributed by atoms with E-state index in [9.17, 15) is 5.11 Å². The average Bonchev–Trinajstić information content (AvgIpc) is 3.39. The maximum absolute atomic E-state index is 11.4. The molecule has 6 rings (SSSR count). The van der Waals surface area contributed by atoms with E-state index in [4.69, 9.17) is 9.47 Å². The van der Waals surface area contributed by atoms with Gasteiger partial charge in [-0.25, -0.2) is 0 Å². The van der Waals surface area contributed by atoms with Crippen LogP contribution in [0.4, 0.5) is 0 Å². The number of ether oxygens (including phenoxy) is 2. The fourth-order valence-corrected chi connectivity index (χ4v) is 6.17. The lowest BCUT2D eigenvalue weighted by molar-refractivity contribution is -0.0331. The predicted molar refractivity (Wildman–Crippen MR) is 137 cm³/mol. The summed E-state index contributed by atoms with van der Waals surface area (Å²) in [5.41, 5.74) is 2.90. The van der Waals surface area contributed by atoms with Crippen molar-refractivity contribution >= 4 is 0 Å². The SMILES string of the molecule is OC1(c2ccc3c(c2)OCO3)CCC(N2CCN(C(c3ccccc3)c3ccccc3)CC2)CC1. The first kappa shape index (κ1) is 22.6. The van der Waals surface area contributed by atoms with Gasteiger partial charge in [0, 0.05) is 32.2 Å². The molecule has 3 aromatic carbocycles. The number of rotatable bonds is 5. The molecule has 5 heteroatoms. The molecule has 1 N–H and O–H groups in total. The van der Waals surface area contributed by atoms with E-state index >= 15 is 0 Å². The zero-order valence-electron chi connectivity index (χ0n) is 20.2. The summed E-state index contributed by atoms with van der Waals surface area (Å²) in [6.45, 7) is 4.52. The zero-order valence-corrected chi connectivity index (χ0v) is 20.2. The lowest BCUT2D eigenvalue weighted by Crippen LogP contribution is -2.52. The van der Waals surface area contributed by atoms with E-state index < -0.39 is 5.60 Å². The van der Waals surface area contributed by atoms with E-state index in [1.54, 1.807) is 0 Å². The highest BCUT2D eigenvalue weighted by atomic mass is 16.7. The maximum Gasteiger partial charge on any atom is 0.231 e. The molecule has 5 nitrogen and oxygen atoms in total. The molecule has 3 aliphatic rings. The molecule has 0 bridgehead atoms. The molecule has 0 aromatic heterocycles. The molecule has 0 atom stereocenters. The summed E-state index contributed by atoms with van der Waals surface area (Å²) >= 11 is 0. The van der Waals surface area contributed by atoms with Gasteiger partial charge in [-0.3, -0.25) is 9.80 Å². The molecule has 2 fully saturated rings. The minimum Gasteiger partial charge on any atom is -0.454 e. The number of hydrogen-bond donors (Lipinski definition) is 1. The quantitative estimate of drug-likeness (QED) is 0.572. The van der Waals surface area contributed by atoms with Gasteiger partial charge >= 0.3 is 0 Å². The van der Waals surface area contributed by atoms with E-state index in [-0.39, 0.29) is 6.79 Å². The second-order valence-electron chi connectivity index (χ2n) is 10.1. The zero-order chi connectivity index (χ0) is 23.7. The minimum atomic E-state index is -0.773. The van der Waals surface area contributed by atoms with Crippen molar-refractivity contribution in [2.24, 2.45) is 0 Å². The molecular formula is C30H34N2O3. The van der Waals surface area contributed by atoms with Crippen LogP contribution in [0.5, 0.6) is 11.5 Å². The lowest BCUT2D eigenvalue weighted by Gasteiger charge is -2.46. The second-order valence-corrected chi connectivity index (χ2v) is 10.1. The van der Waals surface area contributed by atoms with Crippen molar-refractivity contribution in [3.63, 3.8) is 0 Å². The Morgan fingerprint density at radius 1 is 0.743 bits per heavy atom. The Balaban J connectivity index is 1.10. The first-order valence-corrected chi connectivity index (χ1v) is 12.9. The summed E-state index contributed by atoms with van der Waals surface area (Å²) in [7, 11) is 0. The van der Waals surface area contributed by atoms with Crippen LogP contribution in [0, 0.1) is 0 Å². The molecule has 0 radical (unpaired) electrons. The van der Waals surface area contributed by atoms with Crippen molar-refractivity contribution < 1.29 is 14.6 Å². The standard InChI is InChI=1S/C30H34N2O3/c33-30(25-11-12-27-28(21-25)35-22-34-27)15-13-26(14-16-30)31-17-19-32(20-18-31)29(23-7-3-1-4-8-23)24-9-5-2-6-10-24/h1-12,21,26,29,33H,13-20,22H2. The largest absolute Gasteiger partial charge is 0.454 e. The van der Waals surface area contributed by atoms with Crippen LogP contribution in [0.25, 0.3) is 0 Å². The van der Waals surface area contributed by atoms with Crippen LogP contribution in [-0.4, -0.2) is 53.9 Å². The summed E-state index contributed by atoms with van der Waals surface area (Å²) in [6.07, 6.45) is 3.61. The van der Waals surface area contributed by atoms with Crippen LogP contribution >= 0.6 is 0 Å². The minimum absolute atomic E-state index is 0.265. The summed E-state index contributed by atoms with van der Waals surface area (Å²) in [4.78, 5) is 5.29. The molecule has 0 unspecified atom stereocenters. The van der Waals surface area contributed by atoms with Gasteiger partial charge in [-0.1, -0.05) is 66.7 Å². The van der Waals surface area contributed by atoms with Gasteiger partial charge in [-0.15, -0.1) is 0 Å². The van der Waals surface area contributed by atoms with Crippen LogP contribution in [-0.2, 0) is 5.60 Å². The molecule has 2 heterocycles. The molecule has 1 saturated heterocycles. The Bertz CT molecular complexity index is 1080. The monoisotopic (exact) mass is 470 g/mol. The second kappa shape index (κ2) is 9.65. The van der Waals surface area contributed by atoms with Crippen LogP contribution < -0.4 is 9.47 Å². The Kier molecular flexibility index (Phi) is 6.23. The van der Waals surface area contributed by atoms with Gasteiger partial charge < -0.3 is 14.6 Å². The van der Waals surface area contributed by atoms with Crippen LogP contribution in [0.15, 0.2) is 78.9 Å². The Labute approximate surface area is 207 Å². The van der Waals surface area contributed by atoms with Gasteiger partial charge in [-0.2, -0.15) is 0 Å². The van der Waals surface area contributed by atoms with Crippen molar-refractivity contribution in [3.05, 3.63) is 95.6 Å². The van der Waals surface area contributed by atoms with Gasteiger partial charge in [0.15, 0.2) is 11.5 Å². The van der Waals surface area contributed by atoms with Crippen LogP contribution in [0.2, 0.25) is 0 Å². The first-order chi connectivity index (χ1) is 17.2. The summed E-state index contributed by atoms with van der Waals surface area (Å²) in [5.74, 6) is 1.52.